The van der Waals surface area contributed by atoms with Crippen molar-refractivity contribution in [2.75, 3.05) is 0 Å². The second kappa shape index (κ2) is 7.55. The molecule has 0 heterocycles. The molecule has 0 fully saturated rings. The zero-order valence-corrected chi connectivity index (χ0v) is 20.8. The molecule has 33 heavy (non-hydrogen) atoms. The van der Waals surface area contributed by atoms with Gasteiger partial charge in [-0.15, -0.1) is 0 Å². The van der Waals surface area contributed by atoms with Gasteiger partial charge >= 0.3 is 0 Å². The summed E-state index contributed by atoms with van der Waals surface area (Å²) in [5.41, 5.74) is 4.26. The van der Waals surface area contributed by atoms with E-state index in [4.69, 9.17) is 0 Å². The number of hydrogen-bond donors (Lipinski definition) is 0. The molecule has 0 unspecified atom stereocenters. The molecular weight excluding hydrogens is 400 g/mol. The smallest absolute Gasteiger partial charge is 0.120 e. The number of fused-ring (bicyclic) bond motifs is 2. The summed E-state index contributed by atoms with van der Waals surface area (Å²) in [7, 11) is 0. The molecule has 5 rings (SSSR count). The first kappa shape index (κ1) is 21.9. The fourth-order valence-electron chi connectivity index (χ4n) is 5.32. The van der Waals surface area contributed by atoms with Gasteiger partial charge in [0.05, 0.1) is 0 Å². The predicted molar refractivity (Wildman–Crippen MR) is 144 cm³/mol. The zero-order chi connectivity index (χ0) is 23.5. The van der Waals surface area contributed by atoms with Crippen LogP contribution in [0, 0.1) is 0 Å². The molecule has 1 nitrogen and oxygen atoms in total. The van der Waals surface area contributed by atoms with Crippen molar-refractivity contribution in [3.63, 3.8) is 0 Å². The number of carbonyl (C=O) groups is 1. The molecule has 0 aliphatic heterocycles. The second-order valence-corrected chi connectivity index (χ2v) is 11.7. The number of aryl methyl sites for hydroxylation is 1. The van der Waals surface area contributed by atoms with Crippen LogP contribution in [0.4, 0.5) is 0 Å². The lowest BCUT2D eigenvalue weighted by molar-refractivity contribution is -0.107. The summed E-state index contributed by atoms with van der Waals surface area (Å²) in [6.07, 6.45) is 3.49. The maximum absolute atomic E-state index is 10.9. The lowest BCUT2D eigenvalue weighted by Crippen LogP contribution is -2.12. The Morgan fingerprint density at radius 2 is 1.24 bits per heavy atom. The highest BCUT2D eigenvalue weighted by Gasteiger charge is 2.22. The second-order valence-electron chi connectivity index (χ2n) is 11.7. The molecule has 0 saturated heterocycles. The van der Waals surface area contributed by atoms with Crippen molar-refractivity contribution in [2.24, 2.45) is 0 Å². The molecule has 0 atom stereocenters. The van der Waals surface area contributed by atoms with Crippen LogP contribution in [-0.4, -0.2) is 6.29 Å². The summed E-state index contributed by atoms with van der Waals surface area (Å²) in [5, 5.41) is 10.8. The number of carbonyl (C=O) groups excluding carboxylic acids is 1. The molecule has 168 valence electrons. The van der Waals surface area contributed by atoms with Crippen molar-refractivity contribution in [1.82, 2.24) is 0 Å². The van der Waals surface area contributed by atoms with Crippen LogP contribution in [0.5, 0.6) is 0 Å². The fourth-order valence-corrected chi connectivity index (χ4v) is 5.32. The Balaban J connectivity index is 1.98. The molecule has 0 aromatic heterocycles. The Bertz CT molecular complexity index is 1440. The highest BCUT2D eigenvalue weighted by Crippen LogP contribution is 2.44. The largest absolute Gasteiger partial charge is 0.303 e. The van der Waals surface area contributed by atoms with Crippen molar-refractivity contribution in [3.8, 4) is 0 Å². The van der Waals surface area contributed by atoms with E-state index in [1.807, 2.05) is 0 Å². The average molecular weight is 435 g/mol. The third-order valence-corrected chi connectivity index (χ3v) is 7.26. The van der Waals surface area contributed by atoms with Crippen LogP contribution >= 0.6 is 0 Å². The van der Waals surface area contributed by atoms with Gasteiger partial charge in [0.25, 0.3) is 0 Å². The molecule has 0 amide bonds. The predicted octanol–water partition coefficient (Wildman–Crippen LogP) is 8.85. The van der Waals surface area contributed by atoms with E-state index < -0.39 is 0 Å². The van der Waals surface area contributed by atoms with Crippen LogP contribution in [0.2, 0.25) is 0 Å². The van der Waals surface area contributed by atoms with Crippen LogP contribution in [0.1, 0.15) is 71.1 Å². The molecule has 1 heteroatoms. The monoisotopic (exact) mass is 434 g/mol. The van der Waals surface area contributed by atoms with Crippen molar-refractivity contribution in [1.29, 1.82) is 0 Å². The fraction of sp³-hybridized carbons (Fsp3) is 0.344. The maximum Gasteiger partial charge on any atom is 0.120 e. The Hall–Kier alpha value is -2.93. The van der Waals surface area contributed by atoms with E-state index in [0.717, 1.165) is 19.1 Å². The average Bonchev–Trinajstić information content (AvgIpc) is 2.76. The molecule has 0 aliphatic rings. The molecular formula is C32H34O. The normalized spacial score (nSPS) is 13.0. The third-order valence-electron chi connectivity index (χ3n) is 7.26. The van der Waals surface area contributed by atoms with E-state index in [-0.39, 0.29) is 10.8 Å². The lowest BCUT2D eigenvalue weighted by Gasteiger charge is -2.25. The van der Waals surface area contributed by atoms with Gasteiger partial charge in [0.15, 0.2) is 0 Å². The van der Waals surface area contributed by atoms with Crippen LogP contribution in [0.15, 0.2) is 54.6 Å². The number of aldehydes is 1. The molecule has 0 radical (unpaired) electrons. The van der Waals surface area contributed by atoms with Crippen molar-refractivity contribution in [2.45, 2.75) is 71.6 Å². The molecule has 5 aromatic carbocycles. The van der Waals surface area contributed by atoms with E-state index in [1.54, 1.807) is 0 Å². The van der Waals surface area contributed by atoms with Gasteiger partial charge in [-0.1, -0.05) is 84.0 Å². The number of unbranched alkanes of at least 4 members (excludes halogenated alkanes) is 1. The molecule has 0 N–H and O–H groups in total. The number of benzene rings is 5. The van der Waals surface area contributed by atoms with Gasteiger partial charge in [0.2, 0.25) is 0 Å². The van der Waals surface area contributed by atoms with Crippen LogP contribution < -0.4 is 0 Å². The van der Waals surface area contributed by atoms with E-state index in [2.05, 4.69) is 96.1 Å². The van der Waals surface area contributed by atoms with Gasteiger partial charge < -0.3 is 4.79 Å². The van der Waals surface area contributed by atoms with Gasteiger partial charge in [0, 0.05) is 6.42 Å². The first-order chi connectivity index (χ1) is 15.6. The lowest BCUT2D eigenvalue weighted by atomic mass is 9.79. The molecule has 0 spiro atoms. The highest BCUT2D eigenvalue weighted by molar-refractivity contribution is 6.33. The summed E-state index contributed by atoms with van der Waals surface area (Å²) < 4.78 is 0. The van der Waals surface area contributed by atoms with Crippen molar-refractivity contribution >= 4 is 49.4 Å². The maximum atomic E-state index is 10.9. The van der Waals surface area contributed by atoms with E-state index >= 15 is 0 Å². The minimum Gasteiger partial charge on any atom is -0.303 e. The Morgan fingerprint density at radius 3 is 1.82 bits per heavy atom. The Kier molecular flexibility index (Phi) is 5.01. The van der Waals surface area contributed by atoms with Crippen LogP contribution in [0.25, 0.3) is 43.1 Å². The first-order valence-corrected chi connectivity index (χ1v) is 12.2. The summed E-state index contributed by atoms with van der Waals surface area (Å²) in [6, 6.07) is 21.1. The quantitative estimate of drug-likeness (QED) is 0.119. The van der Waals surface area contributed by atoms with Gasteiger partial charge in [-0.05, 0) is 95.6 Å². The van der Waals surface area contributed by atoms with Gasteiger partial charge in [-0.2, -0.15) is 0 Å². The minimum absolute atomic E-state index is 0.0768. The van der Waals surface area contributed by atoms with E-state index in [1.165, 1.54) is 59.8 Å². The van der Waals surface area contributed by atoms with Gasteiger partial charge in [-0.25, -0.2) is 0 Å². The summed E-state index contributed by atoms with van der Waals surface area (Å²) in [4.78, 5) is 10.9. The summed E-state index contributed by atoms with van der Waals surface area (Å²) in [6.45, 7) is 13.8. The SMILES string of the molecule is CC(C)(C)c1cc2cc(C(C)(C)C)cc3c4ccc(CCCC=O)c5cccc(c(c1)c23)c54. The highest BCUT2D eigenvalue weighted by atomic mass is 16.1. The topological polar surface area (TPSA) is 17.1 Å². The van der Waals surface area contributed by atoms with Crippen LogP contribution in [-0.2, 0) is 22.0 Å². The Labute approximate surface area is 197 Å². The summed E-state index contributed by atoms with van der Waals surface area (Å²) >= 11 is 0. The number of rotatable bonds is 4. The molecule has 0 saturated carbocycles. The summed E-state index contributed by atoms with van der Waals surface area (Å²) in [5.74, 6) is 0. The molecule has 0 bridgehead atoms. The Morgan fingerprint density at radius 1 is 0.667 bits per heavy atom. The van der Waals surface area contributed by atoms with Crippen LogP contribution in [0.3, 0.4) is 0 Å². The van der Waals surface area contributed by atoms with Crippen molar-refractivity contribution in [3.05, 3.63) is 71.3 Å². The molecule has 0 aliphatic carbocycles. The van der Waals surface area contributed by atoms with Gasteiger partial charge in [-0.3, -0.25) is 0 Å². The third kappa shape index (κ3) is 3.59. The molecule has 5 aromatic rings. The first-order valence-electron chi connectivity index (χ1n) is 12.2. The number of hydrogen-bond acceptors (Lipinski definition) is 1. The van der Waals surface area contributed by atoms with Crippen molar-refractivity contribution < 1.29 is 4.79 Å². The standard InChI is InChI=1S/C32H34O/c1-31(2,3)22-16-21-17-23(32(4,5)6)19-28-26-14-13-20(10-7-8-15-33)24-11-9-12-25(30(24)26)27(18-22)29(21)28/h9,11-19H,7-8,10H2,1-6H3. The van der Waals surface area contributed by atoms with Gasteiger partial charge in [0.1, 0.15) is 6.29 Å². The zero-order valence-electron chi connectivity index (χ0n) is 20.8. The van der Waals surface area contributed by atoms with E-state index in [0.29, 0.717) is 6.42 Å². The minimum atomic E-state index is 0.0768. The van der Waals surface area contributed by atoms with E-state index in [9.17, 15) is 4.79 Å².